The van der Waals surface area contributed by atoms with Gasteiger partial charge < -0.3 is 15.3 Å². The van der Waals surface area contributed by atoms with Crippen LogP contribution in [-0.2, 0) is 0 Å². The number of hydrogen-bond donors (Lipinski definition) is 3. The Kier molecular flexibility index (Phi) is 4.25. The second kappa shape index (κ2) is 4.28. The Hall–Kier alpha value is -0.120. The Morgan fingerprint density at radius 2 is 1.06 bits per heavy atom. The van der Waals surface area contributed by atoms with Gasteiger partial charge in [0.05, 0.1) is 16.8 Å². The lowest BCUT2D eigenvalue weighted by molar-refractivity contribution is -0.193. The third-order valence-corrected chi connectivity index (χ3v) is 3.68. The van der Waals surface area contributed by atoms with Crippen LogP contribution in [0.1, 0.15) is 61.3 Å². The molecule has 0 saturated carbocycles. The van der Waals surface area contributed by atoms with Crippen LogP contribution in [0.2, 0.25) is 0 Å². The monoisotopic (exact) mass is 232 g/mol. The highest BCUT2D eigenvalue weighted by Gasteiger charge is 2.54. The maximum Gasteiger partial charge on any atom is 0.0675 e. The van der Waals surface area contributed by atoms with Crippen LogP contribution in [0.15, 0.2) is 0 Å². The van der Waals surface area contributed by atoms with E-state index in [4.69, 9.17) is 0 Å². The average molecular weight is 232 g/mol. The first kappa shape index (κ1) is 15.9. The second-order valence-corrected chi connectivity index (χ2v) is 6.54. The predicted octanol–water partition coefficient (Wildman–Crippen LogP) is 2.09. The Bertz CT molecular complexity index is 211. The summed E-state index contributed by atoms with van der Waals surface area (Å²) >= 11 is 0. The fraction of sp³-hybridized carbons (Fsp3) is 1.00. The van der Waals surface area contributed by atoms with Gasteiger partial charge >= 0.3 is 0 Å². The summed E-state index contributed by atoms with van der Waals surface area (Å²) in [5.41, 5.74) is -3.77. The van der Waals surface area contributed by atoms with Gasteiger partial charge in [0.1, 0.15) is 0 Å². The Morgan fingerprint density at radius 3 is 1.12 bits per heavy atom. The van der Waals surface area contributed by atoms with Crippen LogP contribution in [0.4, 0.5) is 0 Å². The smallest absolute Gasteiger partial charge is 0.0675 e. The van der Waals surface area contributed by atoms with Gasteiger partial charge in [-0.2, -0.15) is 0 Å². The summed E-state index contributed by atoms with van der Waals surface area (Å²) in [4.78, 5) is 0. The molecule has 3 heteroatoms. The maximum absolute atomic E-state index is 10.4. The molecule has 0 aliphatic carbocycles. The Labute approximate surface area is 99.5 Å². The molecule has 0 spiro atoms. The van der Waals surface area contributed by atoms with E-state index in [1.807, 2.05) is 6.92 Å². The SMILES string of the molecule is CCC(CC(C)(C)O)(C(C)(C)O)C(C)(C)O. The Balaban J connectivity index is 5.51. The summed E-state index contributed by atoms with van der Waals surface area (Å²) in [6.45, 7) is 12.1. The molecule has 0 radical (unpaired) electrons. The molecule has 0 rings (SSSR count). The van der Waals surface area contributed by atoms with Gasteiger partial charge in [-0.1, -0.05) is 6.92 Å². The molecule has 3 N–H and O–H groups in total. The molecule has 0 aromatic carbocycles. The van der Waals surface area contributed by atoms with Crippen molar-refractivity contribution in [3.63, 3.8) is 0 Å². The highest BCUT2D eigenvalue weighted by atomic mass is 16.3. The van der Waals surface area contributed by atoms with Crippen LogP contribution < -0.4 is 0 Å². The van der Waals surface area contributed by atoms with E-state index < -0.39 is 22.2 Å². The minimum absolute atomic E-state index is 0.351. The molecule has 0 saturated heterocycles. The van der Waals surface area contributed by atoms with Crippen molar-refractivity contribution in [3.05, 3.63) is 0 Å². The molecule has 0 aliphatic heterocycles. The molecule has 0 bridgehead atoms. The first-order valence-corrected chi connectivity index (χ1v) is 5.94. The van der Waals surface area contributed by atoms with Gasteiger partial charge in [0.2, 0.25) is 0 Å². The third kappa shape index (κ3) is 3.19. The van der Waals surface area contributed by atoms with E-state index in [-0.39, 0.29) is 0 Å². The van der Waals surface area contributed by atoms with Crippen molar-refractivity contribution >= 4 is 0 Å². The summed E-state index contributed by atoms with van der Waals surface area (Å²) in [7, 11) is 0. The van der Waals surface area contributed by atoms with E-state index in [0.717, 1.165) is 0 Å². The summed E-state index contributed by atoms with van der Waals surface area (Å²) in [5.74, 6) is 0. The lowest BCUT2D eigenvalue weighted by Gasteiger charge is -2.53. The van der Waals surface area contributed by atoms with Crippen LogP contribution >= 0.6 is 0 Å². The average Bonchev–Trinajstić information content (AvgIpc) is 1.93. The zero-order valence-corrected chi connectivity index (χ0v) is 11.8. The molecule has 0 unspecified atom stereocenters. The molecule has 0 amide bonds. The Morgan fingerprint density at radius 1 is 0.750 bits per heavy atom. The topological polar surface area (TPSA) is 60.7 Å². The van der Waals surface area contributed by atoms with Gasteiger partial charge in [0.25, 0.3) is 0 Å². The van der Waals surface area contributed by atoms with Gasteiger partial charge in [-0.25, -0.2) is 0 Å². The van der Waals surface area contributed by atoms with Crippen molar-refractivity contribution in [1.29, 1.82) is 0 Å². The fourth-order valence-electron chi connectivity index (χ4n) is 2.91. The number of rotatable bonds is 5. The fourth-order valence-corrected chi connectivity index (χ4v) is 2.91. The summed E-state index contributed by atoms with van der Waals surface area (Å²) in [6, 6.07) is 0. The van der Waals surface area contributed by atoms with E-state index >= 15 is 0 Å². The van der Waals surface area contributed by atoms with Crippen molar-refractivity contribution in [3.8, 4) is 0 Å². The zero-order valence-electron chi connectivity index (χ0n) is 11.8. The van der Waals surface area contributed by atoms with Gasteiger partial charge in [-0.3, -0.25) is 0 Å². The molecule has 0 aliphatic rings. The molecular weight excluding hydrogens is 204 g/mol. The van der Waals surface area contributed by atoms with Crippen LogP contribution in [0.3, 0.4) is 0 Å². The van der Waals surface area contributed by atoms with E-state index in [1.165, 1.54) is 0 Å². The first-order chi connectivity index (χ1) is 6.77. The van der Waals surface area contributed by atoms with Crippen LogP contribution in [0.25, 0.3) is 0 Å². The third-order valence-electron chi connectivity index (χ3n) is 3.68. The molecule has 0 heterocycles. The largest absolute Gasteiger partial charge is 0.390 e. The van der Waals surface area contributed by atoms with E-state index in [0.29, 0.717) is 12.8 Å². The number of aliphatic hydroxyl groups is 3. The van der Waals surface area contributed by atoms with Crippen molar-refractivity contribution in [2.75, 3.05) is 0 Å². The summed E-state index contributed by atoms with van der Waals surface area (Å²) < 4.78 is 0. The molecule has 0 aromatic heterocycles. The van der Waals surface area contributed by atoms with Gasteiger partial charge in [-0.05, 0) is 54.4 Å². The highest BCUT2D eigenvalue weighted by molar-refractivity contribution is 5.04. The summed E-state index contributed by atoms with van der Waals surface area (Å²) in [6.07, 6.45) is 0.952. The first-order valence-electron chi connectivity index (χ1n) is 5.94. The van der Waals surface area contributed by atoms with Crippen LogP contribution in [0, 0.1) is 5.41 Å². The van der Waals surface area contributed by atoms with Crippen LogP contribution in [-0.4, -0.2) is 32.1 Å². The molecule has 0 aromatic rings. The van der Waals surface area contributed by atoms with Crippen LogP contribution in [0.5, 0.6) is 0 Å². The lowest BCUT2D eigenvalue weighted by atomic mass is 9.58. The van der Waals surface area contributed by atoms with E-state index in [1.54, 1.807) is 41.5 Å². The molecule has 3 nitrogen and oxygen atoms in total. The van der Waals surface area contributed by atoms with E-state index in [9.17, 15) is 15.3 Å². The summed E-state index contributed by atoms with van der Waals surface area (Å²) in [5, 5.41) is 30.7. The van der Waals surface area contributed by atoms with Gasteiger partial charge in [0.15, 0.2) is 0 Å². The lowest BCUT2D eigenvalue weighted by Crippen LogP contribution is -2.59. The van der Waals surface area contributed by atoms with Crippen molar-refractivity contribution in [2.24, 2.45) is 5.41 Å². The van der Waals surface area contributed by atoms with Gasteiger partial charge in [-0.15, -0.1) is 0 Å². The quantitative estimate of drug-likeness (QED) is 0.680. The van der Waals surface area contributed by atoms with Crippen molar-refractivity contribution < 1.29 is 15.3 Å². The molecule has 0 fully saturated rings. The maximum atomic E-state index is 10.4. The second-order valence-electron chi connectivity index (χ2n) is 6.54. The van der Waals surface area contributed by atoms with Crippen molar-refractivity contribution in [2.45, 2.75) is 78.1 Å². The predicted molar refractivity (Wildman–Crippen MR) is 66.2 cm³/mol. The molecule has 16 heavy (non-hydrogen) atoms. The van der Waals surface area contributed by atoms with Gasteiger partial charge in [0, 0.05) is 5.41 Å². The minimum atomic E-state index is -1.06. The molecule has 0 atom stereocenters. The normalized spacial score (nSPS) is 15.4. The highest BCUT2D eigenvalue weighted by Crippen LogP contribution is 2.49. The standard InChI is InChI=1S/C13H28O3/c1-8-13(11(4,5)15,12(6,7)16)9-10(2,3)14/h14-16H,8-9H2,1-7H3. The zero-order chi connectivity index (χ0) is 13.4. The molecular formula is C13H28O3. The minimum Gasteiger partial charge on any atom is -0.390 e. The van der Waals surface area contributed by atoms with Crippen molar-refractivity contribution in [1.82, 2.24) is 0 Å². The number of hydrogen-bond acceptors (Lipinski definition) is 3. The molecule has 98 valence electrons. The van der Waals surface area contributed by atoms with E-state index in [2.05, 4.69) is 0 Å².